The van der Waals surface area contributed by atoms with Crippen molar-refractivity contribution in [3.05, 3.63) is 29.8 Å². The number of nitrogens with one attached hydrogen (secondary N) is 1. The number of hydrogen-bond acceptors (Lipinski definition) is 2. The second-order valence-corrected chi connectivity index (χ2v) is 3.51. The van der Waals surface area contributed by atoms with Gasteiger partial charge in [0, 0.05) is 0 Å². The largest absolute Gasteiger partial charge is 0.474 e. The molecule has 0 bridgehead atoms. The summed E-state index contributed by atoms with van der Waals surface area (Å²) in [4.78, 5) is 20.9. The zero-order valence-electron chi connectivity index (χ0n) is 10.4. The predicted octanol–water partition coefficient (Wildman–Crippen LogP) is 3.14. The number of benzene rings is 1. The molecule has 0 saturated heterocycles. The zero-order valence-corrected chi connectivity index (χ0v) is 10.4. The number of halogens is 3. The van der Waals surface area contributed by atoms with Gasteiger partial charge in [-0.2, -0.15) is 13.2 Å². The quantitative estimate of drug-likeness (QED) is 0.775. The Kier molecular flexibility index (Phi) is 6.60. The number of para-hydroxylation sites is 1. The molecule has 0 heterocycles. The van der Waals surface area contributed by atoms with Gasteiger partial charge in [-0.1, -0.05) is 32.4 Å². The molecule has 1 aromatic carbocycles. The standard InChI is InChI=1S/C9H6F3NO3.C3H8/c10-9(11,12)5-3-1-2-4-6(5)13-7(14)8(15)16;1-3-2/h1-4H,(H,13,14)(H,15,16);3H2,1-2H3. The fourth-order valence-electron chi connectivity index (χ4n) is 1.02. The van der Waals surface area contributed by atoms with Gasteiger partial charge in [-0.25, -0.2) is 4.79 Å². The van der Waals surface area contributed by atoms with Gasteiger partial charge in [0.15, 0.2) is 0 Å². The smallest absolute Gasteiger partial charge is 0.418 e. The third-order valence-electron chi connectivity index (χ3n) is 1.67. The number of hydrogen-bond donors (Lipinski definition) is 2. The van der Waals surface area contributed by atoms with Crippen LogP contribution in [0.4, 0.5) is 18.9 Å². The minimum Gasteiger partial charge on any atom is -0.474 e. The number of carbonyl (C=O) groups is 2. The first kappa shape index (κ1) is 16.9. The van der Waals surface area contributed by atoms with E-state index in [0.717, 1.165) is 18.2 Å². The number of alkyl halides is 3. The van der Waals surface area contributed by atoms with Crippen LogP contribution in [0.25, 0.3) is 0 Å². The third-order valence-corrected chi connectivity index (χ3v) is 1.67. The molecule has 19 heavy (non-hydrogen) atoms. The number of rotatable bonds is 1. The highest BCUT2D eigenvalue weighted by atomic mass is 19.4. The van der Waals surface area contributed by atoms with Crippen molar-refractivity contribution >= 4 is 17.6 Å². The summed E-state index contributed by atoms with van der Waals surface area (Å²) in [5.41, 5.74) is -1.67. The van der Waals surface area contributed by atoms with Crippen LogP contribution in [0, 0.1) is 0 Å². The Balaban J connectivity index is 0.000000982. The number of carbonyl (C=O) groups excluding carboxylic acids is 1. The van der Waals surface area contributed by atoms with Crippen LogP contribution in [0.1, 0.15) is 25.8 Å². The van der Waals surface area contributed by atoms with E-state index in [1.165, 1.54) is 12.5 Å². The fourth-order valence-corrected chi connectivity index (χ4v) is 1.02. The number of carboxylic acid groups (broad SMARTS) is 1. The fraction of sp³-hybridized carbons (Fsp3) is 0.333. The molecule has 0 spiro atoms. The van der Waals surface area contributed by atoms with Crippen molar-refractivity contribution in [3.8, 4) is 0 Å². The van der Waals surface area contributed by atoms with Crippen LogP contribution < -0.4 is 5.32 Å². The summed E-state index contributed by atoms with van der Waals surface area (Å²) in [7, 11) is 0. The second kappa shape index (κ2) is 7.40. The average Bonchev–Trinajstić information content (AvgIpc) is 2.29. The van der Waals surface area contributed by atoms with E-state index in [4.69, 9.17) is 5.11 Å². The van der Waals surface area contributed by atoms with Crippen LogP contribution in [0.3, 0.4) is 0 Å². The summed E-state index contributed by atoms with van der Waals surface area (Å²) >= 11 is 0. The maximum absolute atomic E-state index is 12.4. The lowest BCUT2D eigenvalue weighted by atomic mass is 10.1. The van der Waals surface area contributed by atoms with Crippen molar-refractivity contribution in [2.24, 2.45) is 0 Å². The van der Waals surface area contributed by atoms with Crippen molar-refractivity contribution < 1.29 is 27.9 Å². The molecule has 0 aliphatic carbocycles. The second-order valence-electron chi connectivity index (χ2n) is 3.51. The van der Waals surface area contributed by atoms with Crippen molar-refractivity contribution in [1.82, 2.24) is 0 Å². The summed E-state index contributed by atoms with van der Waals surface area (Å²) in [6.07, 6.45) is -3.40. The molecule has 0 unspecified atom stereocenters. The highest BCUT2D eigenvalue weighted by molar-refractivity contribution is 6.36. The minimum absolute atomic E-state index is 0.581. The van der Waals surface area contributed by atoms with Gasteiger partial charge in [-0.3, -0.25) is 4.79 Å². The van der Waals surface area contributed by atoms with Crippen molar-refractivity contribution in [2.75, 3.05) is 5.32 Å². The van der Waals surface area contributed by atoms with Crippen LogP contribution in [-0.2, 0) is 15.8 Å². The monoisotopic (exact) mass is 277 g/mol. The lowest BCUT2D eigenvalue weighted by Crippen LogP contribution is -2.23. The van der Waals surface area contributed by atoms with Crippen LogP contribution in [0.2, 0.25) is 0 Å². The van der Waals surface area contributed by atoms with Gasteiger partial charge in [0.1, 0.15) is 0 Å². The molecule has 2 N–H and O–H groups in total. The van der Waals surface area contributed by atoms with Gasteiger partial charge in [0.25, 0.3) is 0 Å². The lowest BCUT2D eigenvalue weighted by molar-refractivity contribution is -0.147. The normalized spacial score (nSPS) is 10.2. The molecular formula is C12H14F3NO3. The Labute approximate surface area is 108 Å². The van der Waals surface area contributed by atoms with E-state index in [1.807, 2.05) is 0 Å². The molecule has 106 valence electrons. The molecule has 0 aromatic heterocycles. The SMILES string of the molecule is CCC.O=C(O)C(=O)Nc1ccccc1C(F)(F)F. The van der Waals surface area contributed by atoms with E-state index in [2.05, 4.69) is 13.8 Å². The molecule has 0 aliphatic rings. The van der Waals surface area contributed by atoms with Crippen LogP contribution >= 0.6 is 0 Å². The van der Waals surface area contributed by atoms with Gasteiger partial charge >= 0.3 is 18.1 Å². The third kappa shape index (κ3) is 5.89. The number of amides is 1. The van der Waals surface area contributed by atoms with E-state index in [0.29, 0.717) is 0 Å². The zero-order chi connectivity index (χ0) is 15.1. The van der Waals surface area contributed by atoms with E-state index in [-0.39, 0.29) is 0 Å². The summed E-state index contributed by atoms with van der Waals surface area (Å²) in [6, 6.07) is 4.12. The Morgan fingerprint density at radius 3 is 2.11 bits per heavy atom. The van der Waals surface area contributed by atoms with Gasteiger partial charge in [-0.15, -0.1) is 0 Å². The van der Waals surface area contributed by atoms with Gasteiger partial charge in [0.05, 0.1) is 11.3 Å². The molecule has 7 heteroatoms. The molecule has 0 saturated carbocycles. The first-order valence-corrected chi connectivity index (χ1v) is 5.44. The molecule has 0 aliphatic heterocycles. The van der Waals surface area contributed by atoms with Crippen LogP contribution in [0.15, 0.2) is 24.3 Å². The van der Waals surface area contributed by atoms with E-state index in [9.17, 15) is 22.8 Å². The molecule has 1 aromatic rings. The van der Waals surface area contributed by atoms with Crippen LogP contribution in [-0.4, -0.2) is 17.0 Å². The molecule has 1 amide bonds. The summed E-state index contributed by atoms with van der Waals surface area (Å²) in [5, 5.41) is 9.90. The van der Waals surface area contributed by atoms with Crippen molar-refractivity contribution in [2.45, 2.75) is 26.4 Å². The predicted molar refractivity (Wildman–Crippen MR) is 63.7 cm³/mol. The topological polar surface area (TPSA) is 66.4 Å². The molecule has 0 radical (unpaired) electrons. The van der Waals surface area contributed by atoms with E-state index in [1.54, 1.807) is 5.32 Å². The first-order valence-electron chi connectivity index (χ1n) is 5.44. The van der Waals surface area contributed by atoms with Gasteiger partial charge in [0.2, 0.25) is 0 Å². The highest BCUT2D eigenvalue weighted by Crippen LogP contribution is 2.34. The maximum Gasteiger partial charge on any atom is 0.418 e. The highest BCUT2D eigenvalue weighted by Gasteiger charge is 2.33. The summed E-state index contributed by atoms with van der Waals surface area (Å²) in [5.74, 6) is -3.37. The van der Waals surface area contributed by atoms with E-state index < -0.39 is 29.3 Å². The Hall–Kier alpha value is -2.05. The molecule has 0 fully saturated rings. The number of carboxylic acids is 1. The minimum atomic E-state index is -4.65. The number of aliphatic carboxylic acids is 1. The van der Waals surface area contributed by atoms with Gasteiger partial charge in [-0.05, 0) is 12.1 Å². The van der Waals surface area contributed by atoms with Gasteiger partial charge < -0.3 is 10.4 Å². The molecule has 1 rings (SSSR count). The number of anilines is 1. The first-order chi connectivity index (χ1) is 8.73. The molecule has 0 atom stereocenters. The van der Waals surface area contributed by atoms with Crippen molar-refractivity contribution in [1.29, 1.82) is 0 Å². The Bertz CT molecular complexity index is 444. The maximum atomic E-state index is 12.4. The summed E-state index contributed by atoms with van der Waals surface area (Å²) in [6.45, 7) is 4.25. The Morgan fingerprint density at radius 1 is 1.21 bits per heavy atom. The Morgan fingerprint density at radius 2 is 1.68 bits per heavy atom. The molecular weight excluding hydrogens is 263 g/mol. The lowest BCUT2D eigenvalue weighted by Gasteiger charge is -2.12. The van der Waals surface area contributed by atoms with Crippen molar-refractivity contribution in [3.63, 3.8) is 0 Å². The molecule has 4 nitrogen and oxygen atoms in total. The van der Waals surface area contributed by atoms with Crippen LogP contribution in [0.5, 0.6) is 0 Å². The summed E-state index contributed by atoms with van der Waals surface area (Å²) < 4.78 is 37.2. The average molecular weight is 277 g/mol. The van der Waals surface area contributed by atoms with E-state index >= 15 is 0 Å².